The second kappa shape index (κ2) is 5.17. The molecule has 0 fully saturated rings. The number of benzene rings is 1. The van der Waals surface area contributed by atoms with Crippen LogP contribution in [0.4, 0.5) is 0 Å². The summed E-state index contributed by atoms with van der Waals surface area (Å²) in [7, 11) is 0. The van der Waals surface area contributed by atoms with E-state index in [1.165, 1.54) is 16.0 Å². The second-order valence-corrected chi connectivity index (χ2v) is 6.86. The normalized spacial score (nSPS) is 18.1. The van der Waals surface area contributed by atoms with Crippen molar-refractivity contribution in [3.05, 3.63) is 40.5 Å². The molecule has 2 N–H and O–H groups in total. The van der Waals surface area contributed by atoms with Gasteiger partial charge in [-0.2, -0.15) is 0 Å². The molecule has 2 heterocycles. The van der Waals surface area contributed by atoms with Crippen LogP contribution in [0, 0.1) is 20.8 Å². The fourth-order valence-electron chi connectivity index (χ4n) is 2.93. The zero-order valence-electron chi connectivity index (χ0n) is 12.2. The van der Waals surface area contributed by atoms with Crippen molar-refractivity contribution in [2.24, 2.45) is 0 Å². The van der Waals surface area contributed by atoms with E-state index in [9.17, 15) is 5.11 Å². The zero-order valence-corrected chi connectivity index (χ0v) is 13.0. The van der Waals surface area contributed by atoms with Gasteiger partial charge in [0.15, 0.2) is 0 Å². The highest BCUT2D eigenvalue weighted by atomic mass is 32.2. The highest BCUT2D eigenvalue weighted by Crippen LogP contribution is 2.44. The first kappa shape index (κ1) is 13.6. The van der Waals surface area contributed by atoms with Gasteiger partial charge in [0.2, 0.25) is 0 Å². The van der Waals surface area contributed by atoms with Gasteiger partial charge in [0, 0.05) is 29.0 Å². The summed E-state index contributed by atoms with van der Waals surface area (Å²) >= 11 is 1.95. The number of aromatic amines is 1. The summed E-state index contributed by atoms with van der Waals surface area (Å²) in [6.45, 7) is 6.16. The Morgan fingerprint density at radius 3 is 2.80 bits per heavy atom. The van der Waals surface area contributed by atoms with Crippen molar-refractivity contribution in [2.75, 3.05) is 0 Å². The highest BCUT2D eigenvalue weighted by Gasteiger charge is 2.25. The fraction of sp³-hybridized carbons (Fsp3) is 0.438. The third-order valence-electron chi connectivity index (χ3n) is 4.32. The molecule has 3 nitrogen and oxygen atoms in total. The van der Waals surface area contributed by atoms with Gasteiger partial charge in [-0.1, -0.05) is 0 Å². The Morgan fingerprint density at radius 2 is 2.10 bits per heavy atom. The van der Waals surface area contributed by atoms with Crippen molar-refractivity contribution < 1.29 is 5.11 Å². The van der Waals surface area contributed by atoms with Crippen molar-refractivity contribution in [1.29, 1.82) is 0 Å². The predicted octanol–water partition coefficient (Wildman–Crippen LogP) is 3.69. The van der Waals surface area contributed by atoms with E-state index in [0.29, 0.717) is 11.0 Å². The Balaban J connectivity index is 1.91. The lowest BCUT2D eigenvalue weighted by molar-refractivity contribution is 0.463. The number of hydrogen-bond acceptors (Lipinski definition) is 3. The molecule has 20 heavy (non-hydrogen) atoms. The quantitative estimate of drug-likeness (QED) is 0.886. The second-order valence-electron chi connectivity index (χ2n) is 5.55. The average molecular weight is 288 g/mol. The van der Waals surface area contributed by atoms with Crippen molar-refractivity contribution in [1.82, 2.24) is 9.97 Å². The number of fused-ring (bicyclic) bond motifs is 1. The lowest BCUT2D eigenvalue weighted by Crippen LogP contribution is -2.16. The van der Waals surface area contributed by atoms with Crippen LogP contribution in [-0.4, -0.2) is 20.3 Å². The number of rotatable bonds is 2. The molecule has 4 heteroatoms. The van der Waals surface area contributed by atoms with Gasteiger partial charge >= 0.3 is 0 Å². The molecule has 1 unspecified atom stereocenters. The number of phenols is 1. The molecule has 0 saturated carbocycles. The number of H-pyrrole nitrogens is 1. The molecule has 0 radical (unpaired) electrons. The van der Waals surface area contributed by atoms with E-state index in [1.54, 1.807) is 0 Å². The Labute approximate surface area is 123 Å². The number of nitrogens with zero attached hydrogens (tertiary/aromatic N) is 1. The molecular weight excluding hydrogens is 268 g/mol. The molecule has 1 aromatic carbocycles. The predicted molar refractivity (Wildman–Crippen MR) is 82.6 cm³/mol. The Hall–Kier alpha value is -1.42. The molecule has 0 aliphatic carbocycles. The molecule has 0 amide bonds. The summed E-state index contributed by atoms with van der Waals surface area (Å²) in [6.07, 6.45) is 6.87. The number of nitrogens with one attached hydrogen (secondary N) is 1. The number of aromatic nitrogens is 2. The van der Waals surface area contributed by atoms with Gasteiger partial charge in [-0.3, -0.25) is 0 Å². The van der Waals surface area contributed by atoms with Gasteiger partial charge in [-0.25, -0.2) is 4.98 Å². The third-order valence-corrected chi connectivity index (χ3v) is 5.84. The van der Waals surface area contributed by atoms with Crippen LogP contribution in [0.2, 0.25) is 0 Å². The molecule has 1 atom stereocenters. The van der Waals surface area contributed by atoms with Crippen molar-refractivity contribution in [3.63, 3.8) is 0 Å². The average Bonchev–Trinajstić information content (AvgIpc) is 2.95. The fourth-order valence-corrected chi connectivity index (χ4v) is 4.47. The Bertz CT molecular complexity index is 635. The number of thioether (sulfide) groups is 1. The lowest BCUT2D eigenvalue weighted by atomic mass is 9.94. The lowest BCUT2D eigenvalue weighted by Gasteiger charge is -2.28. The van der Waals surface area contributed by atoms with E-state index in [0.717, 1.165) is 36.2 Å². The third kappa shape index (κ3) is 2.22. The van der Waals surface area contributed by atoms with E-state index in [2.05, 4.69) is 16.9 Å². The van der Waals surface area contributed by atoms with Gasteiger partial charge in [-0.15, -0.1) is 11.8 Å². The van der Waals surface area contributed by atoms with Crippen LogP contribution in [0.25, 0.3) is 0 Å². The number of phenolic OH excluding ortho intramolecular Hbond substituents is 1. The summed E-state index contributed by atoms with van der Waals surface area (Å²) < 4.78 is 0. The Kier molecular flexibility index (Phi) is 3.50. The SMILES string of the molecule is Cc1c(C)c2c(c(C)c1O)CCC(Cc1ncc[nH]1)S2. The maximum atomic E-state index is 10.2. The highest BCUT2D eigenvalue weighted by molar-refractivity contribution is 8.00. The maximum Gasteiger partial charge on any atom is 0.122 e. The van der Waals surface area contributed by atoms with E-state index >= 15 is 0 Å². The molecular formula is C16H20N2OS. The standard InChI is InChI=1S/C16H20N2OS/c1-9-10(2)16-13(11(3)15(9)19)5-4-12(20-16)8-14-17-6-7-18-14/h6-7,12,19H,4-5,8H2,1-3H3,(H,17,18). The molecule has 106 valence electrons. The molecule has 1 aliphatic rings. The smallest absolute Gasteiger partial charge is 0.122 e. The van der Waals surface area contributed by atoms with Crippen molar-refractivity contribution in [3.8, 4) is 5.75 Å². The van der Waals surface area contributed by atoms with Gasteiger partial charge in [-0.05, 0) is 55.9 Å². The summed E-state index contributed by atoms with van der Waals surface area (Å²) in [5, 5.41) is 10.8. The van der Waals surface area contributed by atoms with Crippen molar-refractivity contribution >= 4 is 11.8 Å². The van der Waals surface area contributed by atoms with Crippen LogP contribution >= 0.6 is 11.8 Å². The topological polar surface area (TPSA) is 48.9 Å². The number of aromatic hydroxyl groups is 1. The van der Waals surface area contributed by atoms with Gasteiger partial charge in [0.05, 0.1) is 0 Å². The van der Waals surface area contributed by atoms with Crippen LogP contribution in [0.5, 0.6) is 5.75 Å². The molecule has 3 rings (SSSR count). The van der Waals surface area contributed by atoms with E-state index in [-0.39, 0.29) is 0 Å². The van der Waals surface area contributed by atoms with Crippen LogP contribution in [-0.2, 0) is 12.8 Å². The number of hydrogen-bond donors (Lipinski definition) is 2. The number of imidazole rings is 1. The minimum Gasteiger partial charge on any atom is -0.507 e. The van der Waals surface area contributed by atoms with Gasteiger partial charge < -0.3 is 10.1 Å². The van der Waals surface area contributed by atoms with Crippen LogP contribution in [0.3, 0.4) is 0 Å². The maximum absolute atomic E-state index is 10.2. The minimum absolute atomic E-state index is 0.478. The van der Waals surface area contributed by atoms with Crippen LogP contribution in [0.15, 0.2) is 17.3 Å². The minimum atomic E-state index is 0.478. The largest absolute Gasteiger partial charge is 0.507 e. The summed E-state index contributed by atoms with van der Waals surface area (Å²) in [4.78, 5) is 8.90. The monoisotopic (exact) mass is 288 g/mol. The van der Waals surface area contributed by atoms with E-state index in [1.807, 2.05) is 38.0 Å². The van der Waals surface area contributed by atoms with E-state index < -0.39 is 0 Å². The molecule has 0 bridgehead atoms. The summed E-state index contributed by atoms with van der Waals surface area (Å²) in [5.74, 6) is 1.54. The first-order valence-corrected chi connectivity index (χ1v) is 7.92. The summed E-state index contributed by atoms with van der Waals surface area (Å²) in [5.41, 5.74) is 4.66. The zero-order chi connectivity index (χ0) is 14.3. The first-order chi connectivity index (χ1) is 9.58. The Morgan fingerprint density at radius 1 is 1.30 bits per heavy atom. The van der Waals surface area contributed by atoms with Crippen molar-refractivity contribution in [2.45, 2.75) is 50.2 Å². The molecule has 1 aliphatic heterocycles. The molecule has 0 spiro atoms. The van der Waals surface area contributed by atoms with Crippen LogP contribution < -0.4 is 0 Å². The summed E-state index contributed by atoms with van der Waals surface area (Å²) in [6, 6.07) is 0. The van der Waals surface area contributed by atoms with Crippen LogP contribution in [0.1, 0.15) is 34.5 Å². The van der Waals surface area contributed by atoms with E-state index in [4.69, 9.17) is 0 Å². The first-order valence-electron chi connectivity index (χ1n) is 7.04. The van der Waals surface area contributed by atoms with Gasteiger partial charge in [0.25, 0.3) is 0 Å². The van der Waals surface area contributed by atoms with Gasteiger partial charge in [0.1, 0.15) is 11.6 Å². The molecule has 1 aromatic heterocycles. The molecule has 2 aromatic rings. The molecule has 0 saturated heterocycles.